The van der Waals surface area contributed by atoms with Crippen molar-refractivity contribution in [1.82, 2.24) is 20.7 Å². The van der Waals surface area contributed by atoms with Gasteiger partial charge in [0.25, 0.3) is 5.69 Å². The van der Waals surface area contributed by atoms with Gasteiger partial charge >= 0.3 is 0 Å². The van der Waals surface area contributed by atoms with Crippen LogP contribution in [-0.4, -0.2) is 63.8 Å². The van der Waals surface area contributed by atoms with E-state index in [0.717, 1.165) is 18.5 Å². The molecule has 0 fully saturated rings. The maximum absolute atomic E-state index is 11.6. The summed E-state index contributed by atoms with van der Waals surface area (Å²) in [5, 5.41) is 31.2. The molecule has 0 radical (unpaired) electrons. The van der Waals surface area contributed by atoms with E-state index in [4.69, 9.17) is 5.73 Å². The fraction of sp³-hybridized carbons (Fsp3) is 0.429. The van der Waals surface area contributed by atoms with E-state index in [1.54, 1.807) is 18.5 Å². The molecule has 13 nitrogen and oxygen atoms in total. The van der Waals surface area contributed by atoms with E-state index in [2.05, 4.69) is 36.1 Å². The zero-order chi connectivity index (χ0) is 24.3. The third-order valence-electron chi connectivity index (χ3n) is 5.23. The summed E-state index contributed by atoms with van der Waals surface area (Å²) in [5.41, 5.74) is 10.4. The second-order valence-electron chi connectivity index (χ2n) is 7.74. The molecular weight excluding hydrogens is 442 g/mol. The average Bonchev–Trinajstić information content (AvgIpc) is 3.35. The number of nitrogens with one attached hydrogen (secondary N) is 4. The zero-order valence-electron chi connectivity index (χ0n) is 18.7. The fourth-order valence-corrected chi connectivity index (χ4v) is 3.49. The minimum atomic E-state index is -0.504. The number of amides is 1. The molecule has 13 heteroatoms. The van der Waals surface area contributed by atoms with Crippen LogP contribution in [0.2, 0.25) is 0 Å². The number of aryl methyl sites for hydroxylation is 1. The number of carbonyl (C=O) groups excluding carboxylic acids is 1. The van der Waals surface area contributed by atoms with Crippen molar-refractivity contribution in [2.45, 2.75) is 25.7 Å². The second-order valence-corrected chi connectivity index (χ2v) is 7.74. The number of aromatic amines is 1. The van der Waals surface area contributed by atoms with Crippen molar-refractivity contribution in [2.24, 2.45) is 21.7 Å². The number of aliphatic hydroxyl groups excluding tert-OH is 1. The number of guanidine groups is 1. The maximum atomic E-state index is 11.6. The first-order chi connectivity index (χ1) is 16.5. The van der Waals surface area contributed by atoms with Crippen LogP contribution in [-0.2, 0) is 11.2 Å². The molecule has 1 aliphatic heterocycles. The number of rotatable bonds is 12. The molecule has 1 aromatic heterocycles. The Balaban J connectivity index is 1.46. The number of carbonyl (C=O) groups is 1. The van der Waals surface area contributed by atoms with Crippen molar-refractivity contribution >= 4 is 29.0 Å². The highest BCUT2D eigenvalue weighted by molar-refractivity contribution is 6.06. The summed E-state index contributed by atoms with van der Waals surface area (Å²) in [6.45, 7) is 1.36. The van der Waals surface area contributed by atoms with Gasteiger partial charge in [0.2, 0.25) is 5.91 Å². The number of nitro benzene ring substituents is 1. The Hall–Kier alpha value is -4.00. The molecule has 1 aliphatic rings. The van der Waals surface area contributed by atoms with Gasteiger partial charge in [0.15, 0.2) is 5.96 Å². The lowest BCUT2D eigenvalue weighted by molar-refractivity contribution is -0.384. The van der Waals surface area contributed by atoms with E-state index in [1.165, 1.54) is 6.07 Å². The highest BCUT2D eigenvalue weighted by Crippen LogP contribution is 2.28. The molecule has 3 rings (SSSR count). The van der Waals surface area contributed by atoms with Crippen LogP contribution in [0.1, 0.15) is 30.5 Å². The smallest absolute Gasteiger partial charge is 0.292 e. The van der Waals surface area contributed by atoms with Gasteiger partial charge in [-0.25, -0.2) is 10.4 Å². The molecular formula is C21H29N9O4. The third kappa shape index (κ3) is 7.00. The molecule has 0 saturated carbocycles. The molecule has 2 aromatic rings. The van der Waals surface area contributed by atoms with Gasteiger partial charge in [-0.15, -0.1) is 0 Å². The van der Waals surface area contributed by atoms with Gasteiger partial charge in [-0.05, 0) is 25.3 Å². The lowest BCUT2D eigenvalue weighted by Gasteiger charge is -2.21. The molecule has 1 atom stereocenters. The monoisotopic (exact) mass is 471 g/mol. The van der Waals surface area contributed by atoms with Crippen molar-refractivity contribution in [3.8, 4) is 0 Å². The number of imidazole rings is 1. The summed E-state index contributed by atoms with van der Waals surface area (Å²) in [7, 11) is 0. The van der Waals surface area contributed by atoms with Gasteiger partial charge in [0.1, 0.15) is 5.69 Å². The second kappa shape index (κ2) is 12.3. The summed E-state index contributed by atoms with van der Waals surface area (Å²) < 4.78 is 0. The van der Waals surface area contributed by atoms with Crippen molar-refractivity contribution in [3.63, 3.8) is 0 Å². The van der Waals surface area contributed by atoms with Gasteiger partial charge in [0.05, 0.1) is 29.3 Å². The van der Waals surface area contributed by atoms with Crippen LogP contribution in [0.5, 0.6) is 0 Å². The summed E-state index contributed by atoms with van der Waals surface area (Å²) in [5.74, 6) is -0.448. The van der Waals surface area contributed by atoms with E-state index < -0.39 is 10.8 Å². The van der Waals surface area contributed by atoms with Crippen molar-refractivity contribution in [2.75, 3.05) is 31.6 Å². The number of aliphatic hydroxyl groups is 1. The molecule has 1 unspecified atom stereocenters. The van der Waals surface area contributed by atoms with E-state index in [0.29, 0.717) is 49.0 Å². The highest BCUT2D eigenvalue weighted by atomic mass is 16.6. The SMILES string of the molecule is NC(=NCCCc1c[nH]cn1)NCCCNc1ccc(C2=NNC(=O)CC2CO)cc1[N+](=O)[O-]. The summed E-state index contributed by atoms with van der Waals surface area (Å²) in [6.07, 6.45) is 5.90. The summed E-state index contributed by atoms with van der Waals surface area (Å²) in [6, 6.07) is 4.68. The van der Waals surface area contributed by atoms with Gasteiger partial charge in [-0.3, -0.25) is 19.9 Å². The number of nitro groups is 1. The molecule has 0 saturated heterocycles. The van der Waals surface area contributed by atoms with Crippen LogP contribution in [0, 0.1) is 16.0 Å². The Morgan fingerprint density at radius 2 is 2.21 bits per heavy atom. The Bertz CT molecular complexity index is 1040. The quantitative estimate of drug-likeness (QED) is 0.0845. The first-order valence-corrected chi connectivity index (χ1v) is 11.0. The Morgan fingerprint density at radius 3 is 2.94 bits per heavy atom. The van der Waals surface area contributed by atoms with Crippen molar-refractivity contribution in [3.05, 3.63) is 52.1 Å². The van der Waals surface area contributed by atoms with E-state index in [9.17, 15) is 20.0 Å². The Labute approximate surface area is 196 Å². The first-order valence-electron chi connectivity index (χ1n) is 11.0. The molecule has 34 heavy (non-hydrogen) atoms. The molecule has 0 spiro atoms. The fourth-order valence-electron chi connectivity index (χ4n) is 3.49. The number of hydrogen-bond donors (Lipinski definition) is 6. The summed E-state index contributed by atoms with van der Waals surface area (Å²) >= 11 is 0. The molecule has 182 valence electrons. The zero-order valence-corrected chi connectivity index (χ0v) is 18.7. The number of nitrogens with two attached hydrogens (primary N) is 1. The van der Waals surface area contributed by atoms with E-state index >= 15 is 0 Å². The molecule has 2 heterocycles. The highest BCUT2D eigenvalue weighted by Gasteiger charge is 2.27. The van der Waals surface area contributed by atoms with Crippen LogP contribution >= 0.6 is 0 Å². The minimum Gasteiger partial charge on any atom is -0.396 e. The largest absolute Gasteiger partial charge is 0.396 e. The minimum absolute atomic E-state index is 0.0761. The van der Waals surface area contributed by atoms with Crippen LogP contribution in [0.25, 0.3) is 0 Å². The number of hydrogen-bond acceptors (Lipinski definition) is 8. The predicted octanol–water partition coefficient (Wildman–Crippen LogP) is 0.490. The molecule has 1 amide bonds. The lowest BCUT2D eigenvalue weighted by Crippen LogP contribution is -2.35. The number of anilines is 1. The topological polar surface area (TPSA) is 196 Å². The normalized spacial score (nSPS) is 16.0. The average molecular weight is 472 g/mol. The first kappa shape index (κ1) is 24.6. The molecule has 0 bridgehead atoms. The van der Waals surface area contributed by atoms with Crippen molar-refractivity contribution < 1.29 is 14.8 Å². The maximum Gasteiger partial charge on any atom is 0.292 e. The van der Waals surface area contributed by atoms with E-state index in [-0.39, 0.29) is 24.6 Å². The van der Waals surface area contributed by atoms with Gasteiger partial charge in [0, 0.05) is 49.8 Å². The molecule has 1 aromatic carbocycles. The standard InChI is InChI=1S/C21H29N9O4/c22-21(25-6-1-3-16-11-23-13-27-16)26-8-2-7-24-17-5-4-14(9-18(17)30(33)34)20-15(12-31)10-19(32)28-29-20/h4-5,9,11,13,15,24,31H,1-3,6-8,10,12H2,(H,23,27)(H,28,32)(H3,22,25,26). The number of aromatic nitrogens is 2. The van der Waals surface area contributed by atoms with Gasteiger partial charge < -0.3 is 26.5 Å². The molecule has 0 aliphatic carbocycles. The Kier molecular flexibility index (Phi) is 8.91. The summed E-state index contributed by atoms with van der Waals surface area (Å²) in [4.78, 5) is 33.9. The van der Waals surface area contributed by atoms with Crippen LogP contribution in [0.4, 0.5) is 11.4 Å². The van der Waals surface area contributed by atoms with Gasteiger partial charge in [-0.1, -0.05) is 6.07 Å². The number of nitrogens with zero attached hydrogens (tertiary/aromatic N) is 4. The van der Waals surface area contributed by atoms with Crippen LogP contribution in [0.3, 0.4) is 0 Å². The molecule has 7 N–H and O–H groups in total. The predicted molar refractivity (Wildman–Crippen MR) is 127 cm³/mol. The van der Waals surface area contributed by atoms with Gasteiger partial charge in [-0.2, -0.15) is 5.10 Å². The number of aliphatic imine (C=N–C) groups is 1. The Morgan fingerprint density at radius 1 is 1.35 bits per heavy atom. The lowest BCUT2D eigenvalue weighted by atomic mass is 9.92. The van der Waals surface area contributed by atoms with E-state index in [1.807, 2.05) is 6.20 Å². The number of benzene rings is 1. The van der Waals surface area contributed by atoms with Crippen LogP contribution < -0.4 is 21.8 Å². The number of H-pyrrole nitrogens is 1. The van der Waals surface area contributed by atoms with Crippen molar-refractivity contribution in [1.29, 1.82) is 0 Å². The third-order valence-corrected chi connectivity index (χ3v) is 5.23. The number of hydrazone groups is 1. The van der Waals surface area contributed by atoms with Crippen LogP contribution in [0.15, 0.2) is 40.8 Å².